The minimum atomic E-state index is -0.482. The van der Waals surface area contributed by atoms with E-state index in [0.29, 0.717) is 0 Å². The Balaban J connectivity index is 1.16. The molecule has 13 rings (SSSR count). The Morgan fingerprint density at radius 1 is 0.266 bits per heavy atom. The number of nitrogens with zero attached hydrogens (tertiary/aromatic N) is 1. The molecule has 0 saturated heterocycles. The van der Waals surface area contributed by atoms with Crippen molar-refractivity contribution in [2.24, 2.45) is 0 Å². The third-order valence-corrected chi connectivity index (χ3v) is 13.8. The number of anilines is 3. The maximum Gasteiger partial charge on any atom is 0.0726 e. The van der Waals surface area contributed by atoms with Crippen LogP contribution in [0.5, 0.6) is 0 Å². The fourth-order valence-electron chi connectivity index (χ4n) is 11.2. The predicted octanol–water partition coefficient (Wildman–Crippen LogP) is 16.8. The SMILES string of the molecule is c1ccc(-c2cc(-c3ccccc3)cc(N(c3ccc4c(c3)C3(c5ccccc5-c5ccccc53)c3ccccc3-4)c3ccc4ccccc4c3-c3cccc4ccccc34)c2)cc1. The molecule has 64 heavy (non-hydrogen) atoms. The predicted molar refractivity (Wildman–Crippen MR) is 269 cm³/mol. The van der Waals surface area contributed by atoms with Crippen LogP contribution in [0.2, 0.25) is 0 Å². The summed E-state index contributed by atoms with van der Waals surface area (Å²) in [4.78, 5) is 2.55. The minimum absolute atomic E-state index is 0.482. The smallest absolute Gasteiger partial charge is 0.0726 e. The lowest BCUT2D eigenvalue weighted by atomic mass is 9.70. The van der Waals surface area contributed by atoms with E-state index in [0.717, 1.165) is 28.2 Å². The van der Waals surface area contributed by atoms with Gasteiger partial charge in [0.15, 0.2) is 0 Å². The van der Waals surface area contributed by atoms with Crippen LogP contribution < -0.4 is 4.90 Å². The lowest BCUT2D eigenvalue weighted by Crippen LogP contribution is -2.26. The molecule has 0 saturated carbocycles. The van der Waals surface area contributed by atoms with Gasteiger partial charge in [0.2, 0.25) is 0 Å². The van der Waals surface area contributed by atoms with Crippen molar-refractivity contribution in [3.63, 3.8) is 0 Å². The molecule has 0 unspecified atom stereocenters. The molecule has 0 bridgehead atoms. The van der Waals surface area contributed by atoms with Crippen molar-refractivity contribution < 1.29 is 0 Å². The topological polar surface area (TPSA) is 3.24 Å². The molecule has 1 spiro atoms. The molecule has 1 nitrogen and oxygen atoms in total. The molecule has 298 valence electrons. The zero-order valence-corrected chi connectivity index (χ0v) is 35.1. The molecule has 1 heteroatoms. The van der Waals surface area contributed by atoms with E-state index in [-0.39, 0.29) is 0 Å². The van der Waals surface area contributed by atoms with E-state index < -0.39 is 5.41 Å². The standard InChI is InChI=1S/C63H41N/c1-3-18-42(19-4-1)46-38-47(43-20-5-2-6-21-43)40-49(39-46)64(61-37-34-45-23-8-10-26-51(45)62(61)56-30-17-24-44-22-7-9-25-50(44)56)48-35-36-55-54-29-13-16-33-59(54)63(60(55)41-48)57-31-14-11-27-52(57)53-28-12-15-32-58(53)63/h1-41H. The van der Waals surface area contributed by atoms with Gasteiger partial charge in [0.1, 0.15) is 0 Å². The van der Waals surface area contributed by atoms with Gasteiger partial charge in [-0.3, -0.25) is 0 Å². The van der Waals surface area contributed by atoms with E-state index >= 15 is 0 Å². The molecule has 0 fully saturated rings. The normalized spacial score (nSPS) is 12.8. The molecule has 0 heterocycles. The van der Waals surface area contributed by atoms with Gasteiger partial charge in [0.05, 0.1) is 11.1 Å². The van der Waals surface area contributed by atoms with Gasteiger partial charge in [-0.15, -0.1) is 0 Å². The Kier molecular flexibility index (Phi) is 8.20. The van der Waals surface area contributed by atoms with Gasteiger partial charge in [0, 0.05) is 16.9 Å². The molecule has 11 aromatic carbocycles. The van der Waals surface area contributed by atoms with E-state index in [2.05, 4.69) is 254 Å². The van der Waals surface area contributed by atoms with Crippen LogP contribution in [0.25, 0.3) is 77.2 Å². The van der Waals surface area contributed by atoms with Crippen LogP contribution in [0, 0.1) is 0 Å². The highest BCUT2D eigenvalue weighted by molar-refractivity contribution is 6.12. The van der Waals surface area contributed by atoms with Gasteiger partial charge in [-0.2, -0.15) is 0 Å². The van der Waals surface area contributed by atoms with Crippen molar-refractivity contribution in [1.82, 2.24) is 0 Å². The molecule has 2 aliphatic rings. The van der Waals surface area contributed by atoms with Crippen molar-refractivity contribution in [2.75, 3.05) is 4.90 Å². The van der Waals surface area contributed by atoms with Crippen molar-refractivity contribution in [3.8, 4) is 55.6 Å². The Labute approximate surface area is 373 Å². The van der Waals surface area contributed by atoms with Crippen molar-refractivity contribution in [1.29, 1.82) is 0 Å². The Morgan fingerprint density at radius 2 is 0.734 bits per heavy atom. The lowest BCUT2D eigenvalue weighted by molar-refractivity contribution is 0.793. The maximum atomic E-state index is 2.55. The number of fused-ring (bicyclic) bond motifs is 12. The third-order valence-electron chi connectivity index (χ3n) is 13.8. The Bertz CT molecular complexity index is 3490. The van der Waals surface area contributed by atoms with Gasteiger partial charge in [-0.05, 0) is 130 Å². The quantitative estimate of drug-likeness (QED) is 0.162. The monoisotopic (exact) mass is 811 g/mol. The van der Waals surface area contributed by atoms with Crippen molar-refractivity contribution in [2.45, 2.75) is 5.41 Å². The summed E-state index contributed by atoms with van der Waals surface area (Å²) < 4.78 is 0. The number of rotatable bonds is 6. The summed E-state index contributed by atoms with van der Waals surface area (Å²) in [7, 11) is 0. The third kappa shape index (κ3) is 5.38. The molecular formula is C63H41N. The van der Waals surface area contributed by atoms with Crippen molar-refractivity contribution in [3.05, 3.63) is 271 Å². The number of benzene rings is 11. The summed E-state index contributed by atoms with van der Waals surface area (Å²) in [5, 5.41) is 4.87. The summed E-state index contributed by atoms with van der Waals surface area (Å²) >= 11 is 0. The highest BCUT2D eigenvalue weighted by Gasteiger charge is 2.51. The van der Waals surface area contributed by atoms with Gasteiger partial charge >= 0.3 is 0 Å². The molecular weight excluding hydrogens is 771 g/mol. The lowest BCUT2D eigenvalue weighted by Gasteiger charge is -2.33. The molecule has 0 atom stereocenters. The molecule has 11 aromatic rings. The summed E-state index contributed by atoms with van der Waals surface area (Å²) in [6.07, 6.45) is 0. The van der Waals surface area contributed by atoms with Gasteiger partial charge < -0.3 is 4.90 Å². The van der Waals surface area contributed by atoms with Crippen LogP contribution in [0.15, 0.2) is 249 Å². The first-order valence-corrected chi connectivity index (χ1v) is 22.3. The molecule has 0 aliphatic heterocycles. The van der Waals surface area contributed by atoms with Gasteiger partial charge in [-0.25, -0.2) is 0 Å². The second-order valence-electron chi connectivity index (χ2n) is 17.2. The summed E-state index contributed by atoms with van der Waals surface area (Å²) in [5.41, 5.74) is 20.4. The second-order valence-corrected chi connectivity index (χ2v) is 17.2. The van der Waals surface area contributed by atoms with Crippen molar-refractivity contribution >= 4 is 38.6 Å². The highest BCUT2D eigenvalue weighted by atomic mass is 15.1. The van der Waals surface area contributed by atoms with E-state index in [1.54, 1.807) is 0 Å². The number of hydrogen-bond donors (Lipinski definition) is 0. The van der Waals surface area contributed by atoms with Crippen LogP contribution in [0.3, 0.4) is 0 Å². The van der Waals surface area contributed by atoms with E-state index in [1.165, 1.54) is 88.3 Å². The van der Waals surface area contributed by atoms with Crippen LogP contribution in [0.1, 0.15) is 22.3 Å². The Hall–Kier alpha value is -8.26. The molecule has 0 amide bonds. The summed E-state index contributed by atoms with van der Waals surface area (Å²) in [6.45, 7) is 0. The first-order valence-electron chi connectivity index (χ1n) is 22.3. The zero-order valence-electron chi connectivity index (χ0n) is 35.1. The largest absolute Gasteiger partial charge is 0.310 e. The Morgan fingerprint density at radius 3 is 1.34 bits per heavy atom. The average Bonchev–Trinajstić information content (AvgIpc) is 3.84. The first-order chi connectivity index (χ1) is 31.8. The highest BCUT2D eigenvalue weighted by Crippen LogP contribution is 2.63. The molecule has 2 aliphatic carbocycles. The fourth-order valence-corrected chi connectivity index (χ4v) is 11.2. The fraction of sp³-hybridized carbons (Fsp3) is 0.0159. The minimum Gasteiger partial charge on any atom is -0.310 e. The maximum absolute atomic E-state index is 2.55. The first kappa shape index (κ1) is 36.4. The molecule has 0 N–H and O–H groups in total. The van der Waals surface area contributed by atoms with Crippen LogP contribution in [0.4, 0.5) is 17.1 Å². The molecule has 0 aromatic heterocycles. The summed E-state index contributed by atoms with van der Waals surface area (Å²) in [6, 6.07) is 92.4. The van der Waals surface area contributed by atoms with Crippen LogP contribution in [-0.4, -0.2) is 0 Å². The van der Waals surface area contributed by atoms with Gasteiger partial charge in [0.25, 0.3) is 0 Å². The van der Waals surface area contributed by atoms with Gasteiger partial charge in [-0.1, -0.05) is 212 Å². The average molecular weight is 812 g/mol. The van der Waals surface area contributed by atoms with E-state index in [1.807, 2.05) is 0 Å². The summed E-state index contributed by atoms with van der Waals surface area (Å²) in [5.74, 6) is 0. The zero-order chi connectivity index (χ0) is 42.2. The number of hydrogen-bond acceptors (Lipinski definition) is 1. The molecule has 0 radical (unpaired) electrons. The second kappa shape index (κ2) is 14.4. The van der Waals surface area contributed by atoms with E-state index in [9.17, 15) is 0 Å². The van der Waals surface area contributed by atoms with Crippen LogP contribution in [-0.2, 0) is 5.41 Å². The van der Waals surface area contributed by atoms with E-state index in [4.69, 9.17) is 0 Å². The van der Waals surface area contributed by atoms with Crippen LogP contribution >= 0.6 is 0 Å².